The third-order valence-corrected chi connectivity index (χ3v) is 4.90. The minimum absolute atomic E-state index is 0.0473. The van der Waals surface area contributed by atoms with Gasteiger partial charge in [0.05, 0.1) is 12.0 Å². The topological polar surface area (TPSA) is 72.2 Å². The predicted molar refractivity (Wildman–Crippen MR) is 96.7 cm³/mol. The average Bonchev–Trinajstić information content (AvgIpc) is 3.07. The van der Waals surface area contributed by atoms with Gasteiger partial charge in [-0.2, -0.15) is 0 Å². The Hall–Kier alpha value is -2.50. The van der Waals surface area contributed by atoms with E-state index in [-0.39, 0.29) is 11.8 Å². The van der Waals surface area contributed by atoms with Crippen molar-refractivity contribution in [2.75, 3.05) is 26.2 Å². The molecule has 3 rings (SSSR count). The number of carbonyl (C=O) groups is 2. The second kappa shape index (κ2) is 6.78. The van der Waals surface area contributed by atoms with Gasteiger partial charge in [0.2, 0.25) is 5.91 Å². The van der Waals surface area contributed by atoms with Gasteiger partial charge in [0.15, 0.2) is 0 Å². The van der Waals surface area contributed by atoms with Gasteiger partial charge in [-0.15, -0.1) is 0 Å². The van der Waals surface area contributed by atoms with Crippen molar-refractivity contribution >= 4 is 11.8 Å². The monoisotopic (exact) mass is 342 g/mol. The van der Waals surface area contributed by atoms with Crippen LogP contribution in [0.3, 0.4) is 0 Å². The molecule has 1 aliphatic rings. The van der Waals surface area contributed by atoms with E-state index in [0.717, 1.165) is 33.9 Å². The van der Waals surface area contributed by atoms with Crippen LogP contribution in [0.1, 0.15) is 38.7 Å². The van der Waals surface area contributed by atoms with E-state index in [1.54, 1.807) is 0 Å². The van der Waals surface area contributed by atoms with Crippen LogP contribution in [0.4, 0.5) is 0 Å². The van der Waals surface area contributed by atoms with Crippen molar-refractivity contribution in [2.24, 2.45) is 0 Å². The number of nitrogens with one attached hydrogen (secondary N) is 2. The average molecular weight is 342 g/mol. The molecular weight excluding hydrogens is 316 g/mol. The van der Waals surface area contributed by atoms with Crippen LogP contribution in [0.25, 0.3) is 0 Å². The van der Waals surface area contributed by atoms with Gasteiger partial charge in [0.1, 0.15) is 0 Å². The lowest BCUT2D eigenvalue weighted by Crippen LogP contribution is -2.51. The summed E-state index contributed by atoms with van der Waals surface area (Å²) in [6, 6.07) is 3.93. The molecule has 0 atom stereocenters. The van der Waals surface area contributed by atoms with Crippen LogP contribution >= 0.6 is 0 Å². The second-order valence-corrected chi connectivity index (χ2v) is 6.94. The molecule has 3 heterocycles. The number of piperazine rings is 1. The summed E-state index contributed by atoms with van der Waals surface area (Å²) in [7, 11) is 0. The van der Waals surface area contributed by atoms with E-state index < -0.39 is 0 Å². The number of amides is 2. The summed E-state index contributed by atoms with van der Waals surface area (Å²) in [6.45, 7) is 10.2. The maximum atomic E-state index is 12.6. The summed E-state index contributed by atoms with van der Waals surface area (Å²) in [5.74, 6) is 0.175. The molecule has 1 fully saturated rings. The minimum atomic E-state index is 0.0473. The summed E-state index contributed by atoms with van der Waals surface area (Å²) < 4.78 is 0. The first-order valence-electron chi connectivity index (χ1n) is 8.73. The van der Waals surface area contributed by atoms with E-state index in [1.807, 2.05) is 49.6 Å². The van der Waals surface area contributed by atoms with Gasteiger partial charge in [-0.25, -0.2) is 0 Å². The third-order valence-electron chi connectivity index (χ3n) is 4.90. The van der Waals surface area contributed by atoms with Gasteiger partial charge < -0.3 is 19.8 Å². The highest BCUT2D eigenvalue weighted by molar-refractivity contribution is 5.95. The van der Waals surface area contributed by atoms with Crippen LogP contribution in [0.2, 0.25) is 0 Å². The van der Waals surface area contributed by atoms with Crippen molar-refractivity contribution in [3.8, 4) is 0 Å². The van der Waals surface area contributed by atoms with E-state index in [2.05, 4.69) is 9.97 Å². The van der Waals surface area contributed by atoms with Gasteiger partial charge in [0, 0.05) is 49.0 Å². The molecule has 0 unspecified atom stereocenters. The van der Waals surface area contributed by atoms with Crippen molar-refractivity contribution in [1.29, 1.82) is 0 Å². The van der Waals surface area contributed by atoms with Crippen molar-refractivity contribution in [2.45, 2.75) is 34.1 Å². The number of nitrogens with zero attached hydrogens (tertiary/aromatic N) is 2. The summed E-state index contributed by atoms with van der Waals surface area (Å²) in [6.07, 6.45) is 0.417. The van der Waals surface area contributed by atoms with Crippen LogP contribution in [-0.2, 0) is 11.2 Å². The Morgan fingerprint density at radius 3 is 1.96 bits per heavy atom. The second-order valence-electron chi connectivity index (χ2n) is 6.94. The molecule has 0 spiro atoms. The van der Waals surface area contributed by atoms with Gasteiger partial charge in [-0.05, 0) is 45.4 Å². The quantitative estimate of drug-likeness (QED) is 0.897. The van der Waals surface area contributed by atoms with E-state index in [1.165, 1.54) is 0 Å². The first kappa shape index (κ1) is 17.3. The standard InChI is InChI=1S/C19H26N4O2/c1-12-9-16(14(3)20-12)11-18(24)22-5-7-23(8-6-22)19(25)17-10-13(2)21-15(17)4/h9-10,20-21H,5-8,11H2,1-4H3. The molecule has 6 heteroatoms. The Morgan fingerprint density at radius 2 is 1.44 bits per heavy atom. The zero-order valence-corrected chi connectivity index (χ0v) is 15.4. The van der Waals surface area contributed by atoms with Crippen LogP contribution in [-0.4, -0.2) is 57.8 Å². The molecular formula is C19H26N4O2. The normalized spacial score (nSPS) is 14.9. The van der Waals surface area contributed by atoms with Crippen LogP contribution < -0.4 is 0 Å². The number of rotatable bonds is 3. The number of hydrogen-bond acceptors (Lipinski definition) is 2. The van der Waals surface area contributed by atoms with E-state index in [9.17, 15) is 9.59 Å². The minimum Gasteiger partial charge on any atom is -0.362 e. The predicted octanol–water partition coefficient (Wildman–Crippen LogP) is 2.10. The SMILES string of the molecule is Cc1cc(CC(=O)N2CCN(C(=O)c3cc(C)[nH]c3C)CC2)c(C)[nH]1. The van der Waals surface area contributed by atoms with Crippen molar-refractivity contribution < 1.29 is 9.59 Å². The van der Waals surface area contributed by atoms with E-state index in [4.69, 9.17) is 0 Å². The zero-order valence-electron chi connectivity index (χ0n) is 15.4. The molecule has 2 amide bonds. The molecule has 0 saturated carbocycles. The summed E-state index contributed by atoms with van der Waals surface area (Å²) in [5, 5.41) is 0. The Kier molecular flexibility index (Phi) is 4.70. The van der Waals surface area contributed by atoms with Crippen LogP contribution in [0.15, 0.2) is 12.1 Å². The molecule has 25 heavy (non-hydrogen) atoms. The van der Waals surface area contributed by atoms with Crippen LogP contribution in [0, 0.1) is 27.7 Å². The number of aromatic amines is 2. The maximum absolute atomic E-state index is 12.6. The van der Waals surface area contributed by atoms with Gasteiger partial charge in [0.25, 0.3) is 5.91 Å². The molecule has 1 aliphatic heterocycles. The molecule has 6 nitrogen and oxygen atoms in total. The van der Waals surface area contributed by atoms with Gasteiger partial charge in [-0.1, -0.05) is 0 Å². The highest BCUT2D eigenvalue weighted by Crippen LogP contribution is 2.16. The van der Waals surface area contributed by atoms with Crippen molar-refractivity contribution in [3.63, 3.8) is 0 Å². The first-order valence-corrected chi connectivity index (χ1v) is 8.73. The molecule has 0 radical (unpaired) electrons. The number of carbonyl (C=O) groups excluding carboxylic acids is 2. The lowest BCUT2D eigenvalue weighted by molar-refractivity contribution is -0.131. The zero-order chi connectivity index (χ0) is 18.1. The Labute approximate surface area is 148 Å². The molecule has 2 aromatic rings. The van der Waals surface area contributed by atoms with Crippen molar-refractivity contribution in [3.05, 3.63) is 46.0 Å². The number of hydrogen-bond donors (Lipinski definition) is 2. The Bertz CT molecular complexity index is 794. The van der Waals surface area contributed by atoms with Gasteiger partial charge in [-0.3, -0.25) is 9.59 Å². The molecule has 2 aromatic heterocycles. The van der Waals surface area contributed by atoms with E-state index in [0.29, 0.717) is 32.6 Å². The largest absolute Gasteiger partial charge is 0.362 e. The maximum Gasteiger partial charge on any atom is 0.255 e. The lowest BCUT2D eigenvalue weighted by Gasteiger charge is -2.35. The third kappa shape index (κ3) is 3.62. The number of aryl methyl sites for hydroxylation is 4. The summed E-state index contributed by atoms with van der Waals surface area (Å²) in [5.41, 5.74) is 5.81. The Morgan fingerprint density at radius 1 is 0.880 bits per heavy atom. The molecule has 2 N–H and O–H groups in total. The fraction of sp³-hybridized carbons (Fsp3) is 0.474. The van der Waals surface area contributed by atoms with Gasteiger partial charge >= 0.3 is 0 Å². The first-order chi connectivity index (χ1) is 11.8. The Balaban J connectivity index is 1.58. The molecule has 0 aromatic carbocycles. The van der Waals surface area contributed by atoms with Crippen LogP contribution in [0.5, 0.6) is 0 Å². The fourth-order valence-electron chi connectivity index (χ4n) is 3.52. The van der Waals surface area contributed by atoms with Crippen molar-refractivity contribution in [1.82, 2.24) is 19.8 Å². The molecule has 0 aliphatic carbocycles. The molecule has 1 saturated heterocycles. The summed E-state index contributed by atoms with van der Waals surface area (Å²) >= 11 is 0. The number of aromatic nitrogens is 2. The molecule has 134 valence electrons. The highest BCUT2D eigenvalue weighted by atomic mass is 16.2. The van der Waals surface area contributed by atoms with E-state index >= 15 is 0 Å². The highest BCUT2D eigenvalue weighted by Gasteiger charge is 2.26. The number of H-pyrrole nitrogens is 2. The summed E-state index contributed by atoms with van der Waals surface area (Å²) in [4.78, 5) is 35.3. The fourth-order valence-corrected chi connectivity index (χ4v) is 3.52. The molecule has 0 bridgehead atoms. The smallest absolute Gasteiger partial charge is 0.255 e. The lowest BCUT2D eigenvalue weighted by atomic mass is 10.1.